The van der Waals surface area contributed by atoms with Gasteiger partial charge in [-0.15, -0.1) is 0 Å². The highest BCUT2D eigenvalue weighted by molar-refractivity contribution is 5.62. The summed E-state index contributed by atoms with van der Waals surface area (Å²) in [5.41, 5.74) is 9.55. The number of imidazole rings is 1. The standard InChI is InChI=1S/C23H21N5O2/c24-22-21-20(16-5-2-1-3-6-16)18-8-7-17(29)13-19(18)30-23(21)26-15-28(22)11-4-10-27-12-9-25-14-27/h1-3,5-9,12-15,20,24,29H,4,10-11H2/p+1/t20-/m1/s1. The predicted octanol–water partition coefficient (Wildman–Crippen LogP) is 3.23. The van der Waals surface area contributed by atoms with Crippen molar-refractivity contribution in [3.8, 4) is 17.4 Å². The molecule has 0 saturated carbocycles. The molecule has 2 aromatic heterocycles. The van der Waals surface area contributed by atoms with Gasteiger partial charge in [0.15, 0.2) is 0 Å². The lowest BCUT2D eigenvalue weighted by atomic mass is 9.83. The summed E-state index contributed by atoms with van der Waals surface area (Å²) in [6.07, 6.45) is 8.15. The van der Waals surface area contributed by atoms with E-state index in [-0.39, 0.29) is 11.7 Å². The van der Waals surface area contributed by atoms with Crippen LogP contribution in [0.1, 0.15) is 29.0 Å². The van der Waals surface area contributed by atoms with Gasteiger partial charge in [-0.05, 0) is 18.1 Å². The summed E-state index contributed by atoms with van der Waals surface area (Å²) in [5, 5.41) is 9.93. The van der Waals surface area contributed by atoms with Gasteiger partial charge in [0.1, 0.15) is 17.1 Å². The van der Waals surface area contributed by atoms with Gasteiger partial charge in [-0.25, -0.2) is 9.55 Å². The molecule has 5 rings (SSSR count). The quantitative estimate of drug-likeness (QED) is 0.442. The summed E-state index contributed by atoms with van der Waals surface area (Å²) in [4.78, 5) is 8.64. The molecule has 1 atom stereocenters. The molecule has 7 nitrogen and oxygen atoms in total. The SMILES string of the molecule is Nc1c2c(nc[n+]1CCCn1ccnc1)Oc1cc(O)ccc1[C@H]2c1ccccc1. The fraction of sp³-hybridized carbons (Fsp3) is 0.174. The number of phenolic OH excluding ortho intramolecular Hbond substituents is 1. The van der Waals surface area contributed by atoms with Crippen LogP contribution in [0.15, 0.2) is 73.6 Å². The zero-order valence-electron chi connectivity index (χ0n) is 16.3. The fourth-order valence-electron chi connectivity index (χ4n) is 3.99. The molecule has 0 spiro atoms. The number of phenols is 1. The molecule has 4 aromatic rings. The summed E-state index contributed by atoms with van der Waals surface area (Å²) in [6, 6.07) is 15.4. The number of nitrogens with zero attached hydrogens (tertiary/aromatic N) is 4. The number of aromatic hydroxyl groups is 1. The van der Waals surface area contributed by atoms with E-state index in [2.05, 4.69) is 22.1 Å². The Morgan fingerprint density at radius 2 is 2.03 bits per heavy atom. The van der Waals surface area contributed by atoms with E-state index >= 15 is 0 Å². The van der Waals surface area contributed by atoms with E-state index in [4.69, 9.17) is 10.5 Å². The number of benzene rings is 2. The van der Waals surface area contributed by atoms with Crippen LogP contribution in [-0.4, -0.2) is 19.6 Å². The average molecular weight is 400 g/mol. The Bertz CT molecular complexity index is 1180. The average Bonchev–Trinajstić information content (AvgIpc) is 3.28. The number of aromatic nitrogens is 4. The Morgan fingerprint density at radius 1 is 1.17 bits per heavy atom. The Morgan fingerprint density at radius 3 is 2.83 bits per heavy atom. The molecule has 0 aliphatic carbocycles. The van der Waals surface area contributed by atoms with Crippen LogP contribution in [0.25, 0.3) is 0 Å². The molecule has 3 N–H and O–H groups in total. The number of hydrogen-bond acceptors (Lipinski definition) is 5. The van der Waals surface area contributed by atoms with Crippen molar-refractivity contribution in [3.63, 3.8) is 0 Å². The minimum absolute atomic E-state index is 0.126. The van der Waals surface area contributed by atoms with Crippen molar-refractivity contribution in [1.29, 1.82) is 0 Å². The topological polar surface area (TPSA) is 90.1 Å². The Balaban J connectivity index is 1.54. The van der Waals surface area contributed by atoms with Crippen LogP contribution < -0.4 is 15.0 Å². The normalized spacial score (nSPS) is 14.6. The first-order valence-corrected chi connectivity index (χ1v) is 9.90. The van der Waals surface area contributed by atoms with Gasteiger partial charge in [0.25, 0.3) is 0 Å². The zero-order chi connectivity index (χ0) is 20.5. The molecule has 1 aliphatic rings. The lowest BCUT2D eigenvalue weighted by Crippen LogP contribution is -2.40. The number of anilines is 1. The number of fused-ring (bicyclic) bond motifs is 2. The third kappa shape index (κ3) is 3.24. The molecule has 3 heterocycles. The second-order valence-electron chi connectivity index (χ2n) is 7.36. The lowest BCUT2D eigenvalue weighted by molar-refractivity contribution is -0.686. The van der Waals surface area contributed by atoms with Gasteiger partial charge in [0.05, 0.1) is 18.8 Å². The smallest absolute Gasteiger partial charge is 0.306 e. The number of aryl methyl sites for hydroxylation is 2. The van der Waals surface area contributed by atoms with Crippen LogP contribution >= 0.6 is 0 Å². The maximum atomic E-state index is 9.93. The van der Waals surface area contributed by atoms with Crippen molar-refractivity contribution < 1.29 is 14.4 Å². The summed E-state index contributed by atoms with van der Waals surface area (Å²) in [6.45, 7) is 1.58. The van der Waals surface area contributed by atoms with Gasteiger partial charge in [-0.3, -0.25) is 0 Å². The molecule has 150 valence electrons. The van der Waals surface area contributed by atoms with Crippen molar-refractivity contribution in [1.82, 2.24) is 14.5 Å². The molecule has 30 heavy (non-hydrogen) atoms. The fourth-order valence-corrected chi connectivity index (χ4v) is 3.99. The minimum Gasteiger partial charge on any atom is -0.508 e. The summed E-state index contributed by atoms with van der Waals surface area (Å²) in [5.74, 6) is 1.74. The molecule has 0 unspecified atom stereocenters. The van der Waals surface area contributed by atoms with Gasteiger partial charge in [-0.1, -0.05) is 41.4 Å². The molecule has 1 aliphatic heterocycles. The summed E-state index contributed by atoms with van der Waals surface area (Å²) >= 11 is 0. The highest BCUT2D eigenvalue weighted by Gasteiger charge is 2.36. The number of ether oxygens (including phenoxy) is 1. The summed E-state index contributed by atoms with van der Waals surface area (Å²) in [7, 11) is 0. The first-order chi connectivity index (χ1) is 14.7. The number of nitrogens with two attached hydrogens (primary N) is 1. The van der Waals surface area contributed by atoms with Crippen LogP contribution in [0.2, 0.25) is 0 Å². The van der Waals surface area contributed by atoms with Gasteiger partial charge >= 0.3 is 5.88 Å². The van der Waals surface area contributed by atoms with Crippen LogP contribution in [0.3, 0.4) is 0 Å². The minimum atomic E-state index is -0.126. The Labute approximate surface area is 174 Å². The van der Waals surface area contributed by atoms with E-state index < -0.39 is 0 Å². The van der Waals surface area contributed by atoms with Crippen molar-refractivity contribution in [2.75, 3.05) is 5.73 Å². The van der Waals surface area contributed by atoms with Crippen molar-refractivity contribution >= 4 is 5.82 Å². The third-order valence-corrected chi connectivity index (χ3v) is 5.44. The molecule has 0 fully saturated rings. The highest BCUT2D eigenvalue weighted by atomic mass is 16.5. The van der Waals surface area contributed by atoms with Gasteiger partial charge < -0.3 is 20.1 Å². The third-order valence-electron chi connectivity index (χ3n) is 5.44. The molecule has 0 bridgehead atoms. The Hall–Kier alpha value is -3.87. The molecule has 0 radical (unpaired) electrons. The number of hydrogen-bond donors (Lipinski definition) is 2. The van der Waals surface area contributed by atoms with Crippen molar-refractivity contribution in [2.24, 2.45) is 0 Å². The van der Waals surface area contributed by atoms with E-state index in [1.54, 1.807) is 24.7 Å². The second-order valence-corrected chi connectivity index (χ2v) is 7.36. The summed E-state index contributed by atoms with van der Waals surface area (Å²) < 4.78 is 10.0. The van der Waals surface area contributed by atoms with Crippen LogP contribution in [-0.2, 0) is 13.1 Å². The predicted molar refractivity (Wildman–Crippen MR) is 111 cm³/mol. The zero-order valence-corrected chi connectivity index (χ0v) is 16.3. The van der Waals surface area contributed by atoms with Crippen LogP contribution in [0, 0.1) is 0 Å². The first kappa shape index (κ1) is 18.2. The van der Waals surface area contributed by atoms with E-state index in [1.807, 2.05) is 45.9 Å². The molecular weight excluding hydrogens is 378 g/mol. The van der Waals surface area contributed by atoms with Gasteiger partial charge in [0.2, 0.25) is 12.1 Å². The van der Waals surface area contributed by atoms with E-state index in [1.165, 1.54) is 0 Å². The van der Waals surface area contributed by atoms with Crippen LogP contribution in [0.4, 0.5) is 5.82 Å². The molecular formula is C23H22N5O2+. The van der Waals surface area contributed by atoms with E-state index in [9.17, 15) is 5.11 Å². The maximum absolute atomic E-state index is 9.93. The largest absolute Gasteiger partial charge is 0.508 e. The molecule has 2 aromatic carbocycles. The molecule has 7 heteroatoms. The number of nitrogen functional groups attached to an aromatic ring is 1. The van der Waals surface area contributed by atoms with E-state index in [0.717, 1.165) is 36.2 Å². The number of rotatable bonds is 5. The highest BCUT2D eigenvalue weighted by Crippen LogP contribution is 2.48. The molecule has 0 saturated heterocycles. The van der Waals surface area contributed by atoms with E-state index in [0.29, 0.717) is 17.4 Å². The monoisotopic (exact) mass is 400 g/mol. The first-order valence-electron chi connectivity index (χ1n) is 9.90. The lowest BCUT2D eigenvalue weighted by Gasteiger charge is -2.27. The van der Waals surface area contributed by atoms with Gasteiger partial charge in [0, 0.05) is 30.6 Å². The van der Waals surface area contributed by atoms with Gasteiger partial charge in [-0.2, -0.15) is 0 Å². The van der Waals surface area contributed by atoms with Crippen molar-refractivity contribution in [2.45, 2.75) is 25.4 Å². The maximum Gasteiger partial charge on any atom is 0.306 e. The Kier molecular flexibility index (Phi) is 4.55. The second kappa shape index (κ2) is 7.51. The molecule has 0 amide bonds. The van der Waals surface area contributed by atoms with Crippen molar-refractivity contribution in [3.05, 3.63) is 90.3 Å². The van der Waals surface area contributed by atoms with Crippen LogP contribution in [0.5, 0.6) is 17.4 Å².